The maximum Gasteiger partial charge on any atom is 0.379 e. The van der Waals surface area contributed by atoms with Crippen LogP contribution in [0.2, 0.25) is 0 Å². The molecule has 0 amide bonds. The Morgan fingerprint density at radius 3 is 2.18 bits per heavy atom. The largest absolute Gasteiger partial charge is 0.460 e. The van der Waals surface area contributed by atoms with E-state index in [9.17, 15) is 14.0 Å². The van der Waals surface area contributed by atoms with Gasteiger partial charge in [-0.25, -0.2) is 9.18 Å². The minimum absolute atomic E-state index is 0.153. The van der Waals surface area contributed by atoms with Crippen molar-refractivity contribution in [3.63, 3.8) is 0 Å². The Balaban J connectivity index is 2.88. The number of benzene rings is 1. The van der Waals surface area contributed by atoms with E-state index in [0.29, 0.717) is 5.56 Å². The maximum atomic E-state index is 13.6. The van der Waals surface area contributed by atoms with Gasteiger partial charge in [0.2, 0.25) is 0 Å². The van der Waals surface area contributed by atoms with Crippen molar-refractivity contribution in [1.82, 2.24) is 0 Å². The van der Waals surface area contributed by atoms with Crippen LogP contribution in [0.15, 0.2) is 24.3 Å². The smallest absolute Gasteiger partial charge is 0.379 e. The third-order valence-corrected chi connectivity index (χ3v) is 2.29. The lowest BCUT2D eigenvalue weighted by atomic mass is 9.98. The third-order valence-electron chi connectivity index (χ3n) is 2.29. The van der Waals surface area contributed by atoms with Crippen molar-refractivity contribution < 1.29 is 18.7 Å². The molecule has 0 bridgehead atoms. The van der Waals surface area contributed by atoms with Crippen LogP contribution >= 0.6 is 0 Å². The lowest BCUT2D eigenvalue weighted by Gasteiger charge is -2.14. The molecule has 0 fully saturated rings. The Bertz CT molecular complexity index is 415. The van der Waals surface area contributed by atoms with Crippen molar-refractivity contribution in [2.75, 3.05) is 6.61 Å². The van der Waals surface area contributed by atoms with Gasteiger partial charge < -0.3 is 4.74 Å². The number of Topliss-reactive ketones (excluding diaryl/α,β-unsaturated/α-hetero) is 1. The van der Waals surface area contributed by atoms with Crippen molar-refractivity contribution >= 4 is 11.8 Å². The first-order chi connectivity index (χ1) is 7.86. The van der Waals surface area contributed by atoms with Crippen LogP contribution in [0.3, 0.4) is 0 Å². The van der Waals surface area contributed by atoms with E-state index in [4.69, 9.17) is 0 Å². The first-order valence-corrected chi connectivity index (χ1v) is 5.37. The molecule has 0 atom stereocenters. The number of carbonyl (C=O) groups is 2. The van der Waals surface area contributed by atoms with Crippen LogP contribution < -0.4 is 0 Å². The molecule has 4 heteroatoms. The fraction of sp³-hybridized carbons (Fsp3) is 0.385. The first-order valence-electron chi connectivity index (χ1n) is 5.37. The Kier molecular flexibility index (Phi) is 3.99. The van der Waals surface area contributed by atoms with E-state index in [1.54, 1.807) is 6.92 Å². The summed E-state index contributed by atoms with van der Waals surface area (Å²) in [4.78, 5) is 22.7. The number of ether oxygens (including phenoxy) is 1. The molecule has 0 aliphatic rings. The normalized spacial score (nSPS) is 11.1. The van der Waals surface area contributed by atoms with Gasteiger partial charge in [-0.15, -0.1) is 0 Å². The lowest BCUT2D eigenvalue weighted by molar-refractivity contribution is -0.137. The number of halogens is 1. The number of rotatable bonds is 4. The molecule has 0 N–H and O–H groups in total. The molecule has 0 heterocycles. The third kappa shape index (κ3) is 3.37. The predicted octanol–water partition coefficient (Wildman–Crippen LogP) is 2.64. The summed E-state index contributed by atoms with van der Waals surface area (Å²) in [6.07, 6.45) is 0. The standard InChI is InChI=1S/C13H15FO3/c1-4-17-12(16)11(15)9-5-7-10(8-6-9)13(2,3)14/h5-8H,4H2,1-3H3. The molecular weight excluding hydrogens is 223 g/mol. The van der Waals surface area contributed by atoms with Gasteiger partial charge in [0.05, 0.1) is 6.61 Å². The minimum atomic E-state index is -1.47. The summed E-state index contributed by atoms with van der Waals surface area (Å²) in [6.45, 7) is 4.63. The number of ketones is 1. The van der Waals surface area contributed by atoms with Crippen LogP contribution in [0.25, 0.3) is 0 Å². The summed E-state index contributed by atoms with van der Waals surface area (Å²) >= 11 is 0. The molecule has 0 aliphatic heterocycles. The van der Waals surface area contributed by atoms with Crippen molar-refractivity contribution in [1.29, 1.82) is 0 Å². The molecule has 0 radical (unpaired) electrons. The fourth-order valence-electron chi connectivity index (χ4n) is 1.33. The summed E-state index contributed by atoms with van der Waals surface area (Å²) in [7, 11) is 0. The number of hydrogen-bond donors (Lipinski definition) is 0. The Morgan fingerprint density at radius 1 is 1.24 bits per heavy atom. The molecule has 92 valence electrons. The summed E-state index contributed by atoms with van der Waals surface area (Å²) in [6, 6.07) is 5.84. The highest BCUT2D eigenvalue weighted by molar-refractivity contribution is 6.40. The topological polar surface area (TPSA) is 43.4 Å². The zero-order chi connectivity index (χ0) is 13.1. The molecule has 1 aromatic carbocycles. The van der Waals surface area contributed by atoms with Gasteiger partial charge in [0.1, 0.15) is 5.67 Å². The lowest BCUT2D eigenvalue weighted by Crippen LogP contribution is -2.18. The second-order valence-corrected chi connectivity index (χ2v) is 4.10. The van der Waals surface area contributed by atoms with Crippen molar-refractivity contribution in [2.45, 2.75) is 26.4 Å². The maximum absolute atomic E-state index is 13.6. The molecule has 17 heavy (non-hydrogen) atoms. The number of alkyl halides is 1. The number of carbonyl (C=O) groups excluding carboxylic acids is 2. The van der Waals surface area contributed by atoms with E-state index in [-0.39, 0.29) is 12.2 Å². The zero-order valence-electron chi connectivity index (χ0n) is 10.1. The molecule has 3 nitrogen and oxygen atoms in total. The molecule has 0 aliphatic carbocycles. The Morgan fingerprint density at radius 2 is 1.76 bits per heavy atom. The van der Waals surface area contributed by atoms with Gasteiger partial charge in [-0.2, -0.15) is 0 Å². The molecule has 0 saturated heterocycles. The van der Waals surface area contributed by atoms with E-state index < -0.39 is 17.4 Å². The second-order valence-electron chi connectivity index (χ2n) is 4.10. The molecule has 0 aromatic heterocycles. The fourth-order valence-corrected chi connectivity index (χ4v) is 1.33. The molecule has 1 aromatic rings. The molecule has 0 saturated carbocycles. The number of esters is 1. The van der Waals surface area contributed by atoms with Gasteiger partial charge in [0.25, 0.3) is 5.78 Å². The monoisotopic (exact) mass is 238 g/mol. The van der Waals surface area contributed by atoms with Gasteiger partial charge in [-0.1, -0.05) is 24.3 Å². The highest BCUT2D eigenvalue weighted by Gasteiger charge is 2.21. The SMILES string of the molecule is CCOC(=O)C(=O)c1ccc(C(C)(C)F)cc1. The van der Waals surface area contributed by atoms with Crippen LogP contribution in [0.1, 0.15) is 36.7 Å². The van der Waals surface area contributed by atoms with E-state index in [2.05, 4.69) is 4.74 Å². The van der Waals surface area contributed by atoms with Crippen molar-refractivity contribution in [3.05, 3.63) is 35.4 Å². The zero-order valence-corrected chi connectivity index (χ0v) is 10.1. The molecule has 1 rings (SSSR count). The first kappa shape index (κ1) is 13.4. The summed E-state index contributed by atoms with van der Waals surface area (Å²) in [5, 5.41) is 0. The summed E-state index contributed by atoms with van der Waals surface area (Å²) < 4.78 is 18.1. The number of hydrogen-bond acceptors (Lipinski definition) is 3. The highest BCUT2D eigenvalue weighted by Crippen LogP contribution is 2.24. The van der Waals surface area contributed by atoms with Crippen LogP contribution in [0.4, 0.5) is 4.39 Å². The van der Waals surface area contributed by atoms with E-state index in [0.717, 1.165) is 0 Å². The van der Waals surface area contributed by atoms with Gasteiger partial charge >= 0.3 is 5.97 Å². The molecule has 0 spiro atoms. The Labute approximate surface area is 99.6 Å². The van der Waals surface area contributed by atoms with Crippen LogP contribution in [0.5, 0.6) is 0 Å². The van der Waals surface area contributed by atoms with Crippen molar-refractivity contribution in [3.8, 4) is 0 Å². The minimum Gasteiger partial charge on any atom is -0.460 e. The van der Waals surface area contributed by atoms with Gasteiger partial charge in [0, 0.05) is 5.56 Å². The van der Waals surface area contributed by atoms with Gasteiger partial charge in [0.15, 0.2) is 0 Å². The summed E-state index contributed by atoms with van der Waals surface area (Å²) in [5.41, 5.74) is -0.805. The highest BCUT2D eigenvalue weighted by atomic mass is 19.1. The van der Waals surface area contributed by atoms with Crippen LogP contribution in [-0.4, -0.2) is 18.4 Å². The van der Waals surface area contributed by atoms with Crippen molar-refractivity contribution in [2.24, 2.45) is 0 Å². The van der Waals surface area contributed by atoms with E-state index in [1.165, 1.54) is 38.1 Å². The van der Waals surface area contributed by atoms with Gasteiger partial charge in [-0.05, 0) is 26.3 Å². The average molecular weight is 238 g/mol. The van der Waals surface area contributed by atoms with E-state index >= 15 is 0 Å². The molecule has 0 unspecified atom stereocenters. The van der Waals surface area contributed by atoms with Gasteiger partial charge in [-0.3, -0.25) is 4.79 Å². The average Bonchev–Trinajstić information content (AvgIpc) is 2.27. The summed E-state index contributed by atoms with van der Waals surface area (Å²) in [5.74, 6) is -1.60. The molecular formula is C13H15FO3. The Hall–Kier alpha value is -1.71. The predicted molar refractivity (Wildman–Crippen MR) is 61.5 cm³/mol. The van der Waals surface area contributed by atoms with E-state index in [1.807, 2.05) is 0 Å². The quantitative estimate of drug-likeness (QED) is 0.460. The van der Waals surface area contributed by atoms with Crippen LogP contribution in [0, 0.1) is 0 Å². The second kappa shape index (κ2) is 5.08. The van der Waals surface area contributed by atoms with Crippen LogP contribution in [-0.2, 0) is 15.2 Å².